The van der Waals surface area contributed by atoms with Gasteiger partial charge in [-0.15, -0.1) is 0 Å². The molecule has 1 amide bonds. The third-order valence-corrected chi connectivity index (χ3v) is 3.33. The van der Waals surface area contributed by atoms with Crippen LogP contribution in [0.2, 0.25) is 0 Å². The van der Waals surface area contributed by atoms with Crippen LogP contribution in [0.15, 0.2) is 0 Å². The van der Waals surface area contributed by atoms with E-state index >= 15 is 0 Å². The number of esters is 1. The molecule has 1 heterocycles. The first-order valence-corrected chi connectivity index (χ1v) is 6.01. The summed E-state index contributed by atoms with van der Waals surface area (Å²) in [4.78, 5) is 26.9. The number of methoxy groups -OCH3 is 1. The predicted octanol–water partition coefficient (Wildman–Crippen LogP) is 0.348. The Morgan fingerprint density at radius 1 is 1.47 bits per heavy atom. The summed E-state index contributed by atoms with van der Waals surface area (Å²) < 4.78 is 4.71. The fourth-order valence-corrected chi connectivity index (χ4v) is 1.93. The molecule has 1 unspecified atom stereocenters. The van der Waals surface area contributed by atoms with Crippen LogP contribution in [-0.4, -0.2) is 61.5 Å². The quantitative estimate of drug-likeness (QED) is 0.667. The molecule has 0 aliphatic carbocycles. The first-order chi connectivity index (χ1) is 7.95. The minimum absolute atomic E-state index is 0.0721. The summed E-state index contributed by atoms with van der Waals surface area (Å²) in [5.74, 6) is -0.139. The highest BCUT2D eigenvalue weighted by atomic mass is 16.5. The van der Waals surface area contributed by atoms with E-state index in [1.807, 2.05) is 18.7 Å². The lowest BCUT2D eigenvalue weighted by molar-refractivity contribution is -0.145. The maximum atomic E-state index is 11.9. The number of amides is 1. The van der Waals surface area contributed by atoms with Crippen LogP contribution < -0.4 is 0 Å². The first kappa shape index (κ1) is 14.0. The Morgan fingerprint density at radius 3 is 2.65 bits per heavy atom. The van der Waals surface area contributed by atoms with E-state index in [1.54, 1.807) is 11.9 Å². The standard InChI is InChI=1S/C12H22N2O3/c1-9(2)13(3)11(15)8-14-6-5-10(7-14)12(16)17-4/h9-10H,5-8H2,1-4H3. The first-order valence-electron chi connectivity index (χ1n) is 6.01. The average Bonchev–Trinajstić information content (AvgIpc) is 2.75. The molecule has 5 heteroatoms. The molecule has 1 fully saturated rings. The highest BCUT2D eigenvalue weighted by Gasteiger charge is 2.30. The van der Waals surface area contributed by atoms with Gasteiger partial charge in [-0.25, -0.2) is 0 Å². The van der Waals surface area contributed by atoms with Gasteiger partial charge in [-0.1, -0.05) is 0 Å². The van der Waals surface area contributed by atoms with Gasteiger partial charge in [0.25, 0.3) is 0 Å². The van der Waals surface area contributed by atoms with Crippen LogP contribution in [0, 0.1) is 5.92 Å². The lowest BCUT2D eigenvalue weighted by Gasteiger charge is -2.24. The molecule has 0 N–H and O–H groups in total. The summed E-state index contributed by atoms with van der Waals surface area (Å²) in [6, 6.07) is 0.210. The average molecular weight is 242 g/mol. The number of hydrogen-bond donors (Lipinski definition) is 0. The molecule has 0 spiro atoms. The van der Waals surface area contributed by atoms with Crippen LogP contribution in [-0.2, 0) is 14.3 Å². The zero-order chi connectivity index (χ0) is 13.0. The maximum absolute atomic E-state index is 11.9. The summed E-state index contributed by atoms with van der Waals surface area (Å²) in [7, 11) is 3.21. The van der Waals surface area contributed by atoms with Crippen molar-refractivity contribution in [1.82, 2.24) is 9.80 Å². The van der Waals surface area contributed by atoms with Gasteiger partial charge in [-0.05, 0) is 26.8 Å². The summed E-state index contributed by atoms with van der Waals surface area (Å²) in [6.07, 6.45) is 0.783. The molecule has 1 rings (SSSR count). The summed E-state index contributed by atoms with van der Waals surface area (Å²) >= 11 is 0. The van der Waals surface area contributed by atoms with Crippen molar-refractivity contribution < 1.29 is 14.3 Å². The van der Waals surface area contributed by atoms with E-state index in [1.165, 1.54) is 7.11 Å². The molecular weight excluding hydrogens is 220 g/mol. The summed E-state index contributed by atoms with van der Waals surface area (Å²) in [6.45, 7) is 5.78. The molecule has 1 saturated heterocycles. The highest BCUT2D eigenvalue weighted by Crippen LogP contribution is 2.17. The monoisotopic (exact) mass is 242 g/mol. The molecule has 0 radical (unpaired) electrons. The van der Waals surface area contributed by atoms with E-state index < -0.39 is 0 Å². The van der Waals surface area contributed by atoms with E-state index in [0.29, 0.717) is 13.1 Å². The molecule has 5 nitrogen and oxygen atoms in total. The van der Waals surface area contributed by atoms with E-state index in [4.69, 9.17) is 4.74 Å². The number of ether oxygens (including phenoxy) is 1. The number of carbonyl (C=O) groups excluding carboxylic acids is 2. The fourth-order valence-electron chi connectivity index (χ4n) is 1.93. The molecule has 98 valence electrons. The molecule has 17 heavy (non-hydrogen) atoms. The number of likely N-dealkylation sites (N-methyl/N-ethyl adjacent to an activating group) is 1. The molecule has 0 aromatic carbocycles. The van der Waals surface area contributed by atoms with Crippen LogP contribution in [0.3, 0.4) is 0 Å². The van der Waals surface area contributed by atoms with E-state index in [0.717, 1.165) is 13.0 Å². The Hall–Kier alpha value is -1.10. The maximum Gasteiger partial charge on any atom is 0.310 e. The van der Waals surface area contributed by atoms with E-state index in [9.17, 15) is 9.59 Å². The zero-order valence-electron chi connectivity index (χ0n) is 11.1. The number of hydrogen-bond acceptors (Lipinski definition) is 4. The van der Waals surface area contributed by atoms with E-state index in [2.05, 4.69) is 0 Å². The van der Waals surface area contributed by atoms with Crippen LogP contribution in [0.1, 0.15) is 20.3 Å². The molecule has 0 saturated carbocycles. The van der Waals surface area contributed by atoms with Crippen LogP contribution >= 0.6 is 0 Å². The van der Waals surface area contributed by atoms with Crippen LogP contribution in [0.4, 0.5) is 0 Å². The van der Waals surface area contributed by atoms with Gasteiger partial charge in [-0.2, -0.15) is 0 Å². The van der Waals surface area contributed by atoms with Gasteiger partial charge in [0.15, 0.2) is 0 Å². The van der Waals surface area contributed by atoms with Gasteiger partial charge < -0.3 is 9.64 Å². The largest absolute Gasteiger partial charge is 0.469 e. The number of rotatable bonds is 4. The van der Waals surface area contributed by atoms with E-state index in [-0.39, 0.29) is 23.8 Å². The minimum atomic E-state index is -0.169. The normalized spacial score (nSPS) is 20.6. The molecule has 1 atom stereocenters. The van der Waals surface area contributed by atoms with Gasteiger partial charge in [0, 0.05) is 19.6 Å². The van der Waals surface area contributed by atoms with Crippen molar-refractivity contribution in [1.29, 1.82) is 0 Å². The van der Waals surface area contributed by atoms with Crippen molar-refractivity contribution in [3.63, 3.8) is 0 Å². The van der Waals surface area contributed by atoms with Crippen LogP contribution in [0.25, 0.3) is 0 Å². The lowest BCUT2D eigenvalue weighted by Crippen LogP contribution is -2.40. The number of likely N-dealkylation sites (tertiary alicyclic amines) is 1. The summed E-state index contributed by atoms with van der Waals surface area (Å²) in [5.41, 5.74) is 0. The number of carbonyl (C=O) groups is 2. The molecule has 1 aliphatic rings. The predicted molar refractivity (Wildman–Crippen MR) is 64.5 cm³/mol. The SMILES string of the molecule is COC(=O)C1CCN(CC(=O)N(C)C(C)C)C1. The smallest absolute Gasteiger partial charge is 0.310 e. The van der Waals surface area contributed by atoms with Gasteiger partial charge in [-0.3, -0.25) is 14.5 Å². The molecule has 0 aromatic rings. The van der Waals surface area contributed by atoms with Crippen molar-refractivity contribution in [2.45, 2.75) is 26.3 Å². The van der Waals surface area contributed by atoms with Crippen molar-refractivity contribution >= 4 is 11.9 Å². The molecule has 0 bridgehead atoms. The third-order valence-electron chi connectivity index (χ3n) is 3.33. The van der Waals surface area contributed by atoms with Gasteiger partial charge in [0.05, 0.1) is 19.6 Å². The highest BCUT2D eigenvalue weighted by molar-refractivity contribution is 5.78. The minimum Gasteiger partial charge on any atom is -0.469 e. The Balaban J connectivity index is 2.40. The Labute approximate surface area is 103 Å². The van der Waals surface area contributed by atoms with Gasteiger partial charge in [0.2, 0.25) is 5.91 Å². The molecule has 0 aromatic heterocycles. The Kier molecular flexibility index (Phi) is 4.93. The fraction of sp³-hybridized carbons (Fsp3) is 0.833. The topological polar surface area (TPSA) is 49.9 Å². The van der Waals surface area contributed by atoms with Crippen molar-refractivity contribution in [3.8, 4) is 0 Å². The second kappa shape index (κ2) is 6.00. The Morgan fingerprint density at radius 2 is 2.12 bits per heavy atom. The zero-order valence-corrected chi connectivity index (χ0v) is 11.1. The van der Waals surface area contributed by atoms with Crippen LogP contribution in [0.5, 0.6) is 0 Å². The molecule has 1 aliphatic heterocycles. The second-order valence-electron chi connectivity index (χ2n) is 4.84. The summed E-state index contributed by atoms with van der Waals surface area (Å²) in [5, 5.41) is 0. The van der Waals surface area contributed by atoms with Gasteiger partial charge >= 0.3 is 5.97 Å². The lowest BCUT2D eigenvalue weighted by atomic mass is 10.1. The van der Waals surface area contributed by atoms with Crippen molar-refractivity contribution in [2.75, 3.05) is 33.8 Å². The Bertz CT molecular complexity index is 291. The van der Waals surface area contributed by atoms with Gasteiger partial charge in [0.1, 0.15) is 0 Å². The van der Waals surface area contributed by atoms with Crippen molar-refractivity contribution in [3.05, 3.63) is 0 Å². The second-order valence-corrected chi connectivity index (χ2v) is 4.84. The van der Waals surface area contributed by atoms with Crippen molar-refractivity contribution in [2.24, 2.45) is 5.92 Å². The third kappa shape index (κ3) is 3.70. The number of nitrogens with zero attached hydrogens (tertiary/aromatic N) is 2. The molecular formula is C12H22N2O3.